The number of para-hydroxylation sites is 2. The van der Waals surface area contributed by atoms with Gasteiger partial charge in [-0.15, -0.1) is 0 Å². The highest BCUT2D eigenvalue weighted by Gasteiger charge is 2.30. The van der Waals surface area contributed by atoms with Gasteiger partial charge in [0, 0.05) is 0 Å². The molecule has 3 N–H and O–H groups in total. The van der Waals surface area contributed by atoms with E-state index in [-0.39, 0.29) is 30.5 Å². The second kappa shape index (κ2) is 9.27. The minimum atomic E-state index is -0.975. The standard InChI is InChI=1S/C18H26N2O4.ClH/c1-13(17-12-23-15-7-3-4-8-16(15)24-17)19-18(22)14(21)11-20-9-5-2-6-10-20;/h3-4,7-8,13-14,17,21H,2,5-6,9-12H2,1H3,(H,19,22);1H. The molecule has 3 atom stereocenters. The van der Waals surface area contributed by atoms with E-state index in [0.29, 0.717) is 18.9 Å². The van der Waals surface area contributed by atoms with Gasteiger partial charge in [0.05, 0.1) is 19.1 Å². The molecule has 1 aromatic carbocycles. The van der Waals surface area contributed by atoms with Gasteiger partial charge in [-0.1, -0.05) is 12.1 Å². The number of amides is 1. The lowest BCUT2D eigenvalue weighted by molar-refractivity contribution is -0.906. The molecule has 1 fully saturated rings. The molecule has 0 radical (unpaired) electrons. The number of hydrogen-bond acceptors (Lipinski definition) is 4. The number of hydrogen-bond donors (Lipinski definition) is 3. The van der Waals surface area contributed by atoms with Crippen molar-refractivity contribution in [2.75, 3.05) is 26.2 Å². The zero-order valence-corrected chi connectivity index (χ0v) is 15.3. The van der Waals surface area contributed by atoms with Crippen molar-refractivity contribution in [3.05, 3.63) is 24.3 Å². The minimum Gasteiger partial charge on any atom is -1.00 e. The molecule has 2 aliphatic rings. The molecule has 140 valence electrons. The SMILES string of the molecule is CC(NC(=O)C(O)C[NH+]1CCCCC1)C1COc2ccccc2O1.[Cl-]. The number of likely N-dealkylation sites (tertiary alicyclic amines) is 1. The molecule has 2 heterocycles. The number of quaternary nitrogens is 1. The Kier molecular flexibility index (Phi) is 7.35. The zero-order valence-electron chi connectivity index (χ0n) is 14.5. The van der Waals surface area contributed by atoms with Crippen LogP contribution in [-0.4, -0.2) is 55.5 Å². The van der Waals surface area contributed by atoms with E-state index in [0.717, 1.165) is 18.8 Å². The summed E-state index contributed by atoms with van der Waals surface area (Å²) in [6.45, 7) is 4.81. The lowest BCUT2D eigenvalue weighted by Crippen LogP contribution is -3.14. The fraction of sp³-hybridized carbons (Fsp3) is 0.611. The van der Waals surface area contributed by atoms with Crippen molar-refractivity contribution >= 4 is 5.91 Å². The Morgan fingerprint density at radius 1 is 1.28 bits per heavy atom. The molecule has 1 saturated heterocycles. The summed E-state index contributed by atoms with van der Waals surface area (Å²) in [5, 5.41) is 13.0. The van der Waals surface area contributed by atoms with Crippen molar-refractivity contribution < 1.29 is 36.7 Å². The molecule has 0 bridgehead atoms. The van der Waals surface area contributed by atoms with E-state index in [9.17, 15) is 9.90 Å². The van der Waals surface area contributed by atoms with E-state index in [1.807, 2.05) is 31.2 Å². The lowest BCUT2D eigenvalue weighted by Gasteiger charge is -2.31. The van der Waals surface area contributed by atoms with Crippen LogP contribution in [0, 0.1) is 0 Å². The molecule has 25 heavy (non-hydrogen) atoms. The van der Waals surface area contributed by atoms with Crippen LogP contribution in [-0.2, 0) is 4.79 Å². The number of rotatable bonds is 5. The average Bonchev–Trinajstić information content (AvgIpc) is 2.62. The van der Waals surface area contributed by atoms with Crippen molar-refractivity contribution in [1.29, 1.82) is 0 Å². The first-order valence-electron chi connectivity index (χ1n) is 8.84. The molecule has 1 amide bonds. The quantitative estimate of drug-likeness (QED) is 0.509. The maximum atomic E-state index is 12.2. The predicted octanol–water partition coefficient (Wildman–Crippen LogP) is -3.24. The summed E-state index contributed by atoms with van der Waals surface area (Å²) >= 11 is 0. The second-order valence-electron chi connectivity index (χ2n) is 6.74. The fourth-order valence-corrected chi connectivity index (χ4v) is 3.32. The summed E-state index contributed by atoms with van der Waals surface area (Å²) in [6, 6.07) is 7.26. The predicted molar refractivity (Wildman–Crippen MR) is 89.4 cm³/mol. The molecule has 2 aliphatic heterocycles. The highest BCUT2D eigenvalue weighted by atomic mass is 35.5. The van der Waals surface area contributed by atoms with Crippen molar-refractivity contribution in [2.24, 2.45) is 0 Å². The number of aliphatic hydroxyl groups excluding tert-OH is 1. The third-order valence-electron chi connectivity index (χ3n) is 4.80. The minimum absolute atomic E-state index is 0. The number of nitrogens with one attached hydrogen (secondary N) is 2. The second-order valence-corrected chi connectivity index (χ2v) is 6.74. The van der Waals surface area contributed by atoms with Crippen molar-refractivity contribution in [2.45, 2.75) is 44.4 Å². The summed E-state index contributed by atoms with van der Waals surface area (Å²) in [5.41, 5.74) is 0. The highest BCUT2D eigenvalue weighted by Crippen LogP contribution is 2.31. The first-order valence-corrected chi connectivity index (χ1v) is 8.84. The number of carbonyl (C=O) groups excluding carboxylic acids is 1. The largest absolute Gasteiger partial charge is 1.00 e. The third kappa shape index (κ3) is 5.23. The van der Waals surface area contributed by atoms with Gasteiger partial charge in [-0.05, 0) is 38.3 Å². The van der Waals surface area contributed by atoms with Gasteiger partial charge < -0.3 is 37.2 Å². The molecule has 3 rings (SSSR count). The summed E-state index contributed by atoms with van der Waals surface area (Å²) in [6.07, 6.45) is 2.36. The van der Waals surface area contributed by atoms with Crippen LogP contribution in [0.25, 0.3) is 0 Å². The van der Waals surface area contributed by atoms with Crippen LogP contribution < -0.4 is 32.1 Å². The molecule has 1 aromatic rings. The van der Waals surface area contributed by atoms with Gasteiger partial charge in [0.25, 0.3) is 5.91 Å². The smallest absolute Gasteiger partial charge is 0.255 e. The number of carbonyl (C=O) groups is 1. The van der Waals surface area contributed by atoms with Gasteiger partial charge in [-0.25, -0.2) is 0 Å². The van der Waals surface area contributed by atoms with E-state index >= 15 is 0 Å². The maximum Gasteiger partial charge on any atom is 0.255 e. The first-order chi connectivity index (χ1) is 11.6. The van der Waals surface area contributed by atoms with E-state index in [4.69, 9.17) is 9.47 Å². The molecular formula is C18H27ClN2O4. The van der Waals surface area contributed by atoms with E-state index in [1.165, 1.54) is 24.2 Å². The number of halogens is 1. The van der Waals surface area contributed by atoms with Crippen molar-refractivity contribution in [1.82, 2.24) is 5.32 Å². The van der Waals surface area contributed by atoms with Gasteiger partial charge >= 0.3 is 0 Å². The summed E-state index contributed by atoms with van der Waals surface area (Å²) < 4.78 is 11.6. The Balaban J connectivity index is 0.00000225. The number of ether oxygens (including phenoxy) is 2. The van der Waals surface area contributed by atoms with Crippen LogP contribution in [0.2, 0.25) is 0 Å². The zero-order chi connectivity index (χ0) is 16.9. The average molecular weight is 371 g/mol. The van der Waals surface area contributed by atoms with E-state index < -0.39 is 6.10 Å². The van der Waals surface area contributed by atoms with Crippen LogP contribution in [0.3, 0.4) is 0 Å². The van der Waals surface area contributed by atoms with Gasteiger partial charge in [-0.3, -0.25) is 4.79 Å². The van der Waals surface area contributed by atoms with Gasteiger partial charge in [0.2, 0.25) is 0 Å². The molecule has 7 heteroatoms. The van der Waals surface area contributed by atoms with Crippen LogP contribution in [0.5, 0.6) is 11.5 Å². The Morgan fingerprint density at radius 2 is 1.96 bits per heavy atom. The number of piperidine rings is 1. The lowest BCUT2D eigenvalue weighted by atomic mass is 10.1. The number of aliphatic hydroxyl groups is 1. The van der Waals surface area contributed by atoms with Crippen molar-refractivity contribution in [3.8, 4) is 11.5 Å². The molecule has 3 unspecified atom stereocenters. The first kappa shape index (κ1) is 19.8. The van der Waals surface area contributed by atoms with Gasteiger partial charge in [-0.2, -0.15) is 0 Å². The summed E-state index contributed by atoms with van der Waals surface area (Å²) in [4.78, 5) is 13.6. The molecular weight excluding hydrogens is 344 g/mol. The van der Waals surface area contributed by atoms with Crippen LogP contribution in [0.15, 0.2) is 24.3 Å². The number of benzene rings is 1. The normalized spacial score (nSPS) is 22.4. The maximum absolute atomic E-state index is 12.2. The molecule has 0 saturated carbocycles. The van der Waals surface area contributed by atoms with E-state index in [2.05, 4.69) is 5.32 Å². The monoisotopic (exact) mass is 370 g/mol. The topological polar surface area (TPSA) is 72.2 Å². The molecule has 0 spiro atoms. The Hall–Kier alpha value is -1.50. The van der Waals surface area contributed by atoms with Gasteiger partial charge in [0.1, 0.15) is 13.2 Å². The fourth-order valence-electron chi connectivity index (χ4n) is 3.32. The number of fused-ring (bicyclic) bond motifs is 1. The van der Waals surface area contributed by atoms with Crippen LogP contribution >= 0.6 is 0 Å². The Bertz CT molecular complexity index is 566. The summed E-state index contributed by atoms with van der Waals surface area (Å²) in [7, 11) is 0. The summed E-state index contributed by atoms with van der Waals surface area (Å²) in [5.74, 6) is 1.08. The van der Waals surface area contributed by atoms with Crippen LogP contribution in [0.4, 0.5) is 0 Å². The van der Waals surface area contributed by atoms with E-state index in [1.54, 1.807) is 0 Å². The molecule has 0 aliphatic carbocycles. The third-order valence-corrected chi connectivity index (χ3v) is 4.80. The van der Waals surface area contributed by atoms with Crippen molar-refractivity contribution in [3.63, 3.8) is 0 Å². The molecule has 0 aromatic heterocycles. The Morgan fingerprint density at radius 3 is 2.68 bits per heavy atom. The van der Waals surface area contributed by atoms with Crippen LogP contribution in [0.1, 0.15) is 26.2 Å². The molecule has 6 nitrogen and oxygen atoms in total. The highest BCUT2D eigenvalue weighted by molar-refractivity contribution is 5.80. The van der Waals surface area contributed by atoms with Gasteiger partial charge in [0.15, 0.2) is 23.7 Å². The Labute approximate surface area is 154 Å².